The highest BCUT2D eigenvalue weighted by Gasteiger charge is 2.77. The van der Waals surface area contributed by atoms with Gasteiger partial charge in [0.25, 0.3) is 0 Å². The molecule has 0 radical (unpaired) electrons. The maximum atomic E-state index is 2.52. The van der Waals surface area contributed by atoms with Gasteiger partial charge in [0.15, 0.2) is 0 Å². The quantitative estimate of drug-likeness (QED) is 0.704. The van der Waals surface area contributed by atoms with E-state index in [1.54, 1.807) is 0 Å². The first kappa shape index (κ1) is 11.2. The molecule has 3 heteroatoms. The zero-order valence-corrected chi connectivity index (χ0v) is 12.5. The molecule has 86 valence electrons. The Morgan fingerprint density at radius 2 is 1.13 bits per heavy atom. The predicted molar refractivity (Wildman–Crippen MR) is 75.3 cm³/mol. The van der Waals surface area contributed by atoms with Crippen LogP contribution in [0.15, 0.2) is 0 Å². The number of hydrogen-bond acceptors (Lipinski definition) is 3. The van der Waals surface area contributed by atoms with Crippen molar-refractivity contribution < 1.29 is 0 Å². The molecule has 0 aromatic heterocycles. The highest BCUT2D eigenvalue weighted by Crippen LogP contribution is 2.79. The lowest BCUT2D eigenvalue weighted by Crippen LogP contribution is -2.54. The maximum absolute atomic E-state index is 2.52. The van der Waals surface area contributed by atoms with Gasteiger partial charge >= 0.3 is 0 Å². The molecule has 0 saturated carbocycles. The van der Waals surface area contributed by atoms with Gasteiger partial charge in [-0.3, -0.25) is 0 Å². The Morgan fingerprint density at radius 3 is 1.27 bits per heavy atom. The molecule has 3 heterocycles. The summed E-state index contributed by atoms with van der Waals surface area (Å²) in [5.74, 6) is 4.19. The molecule has 3 fully saturated rings. The van der Waals surface area contributed by atoms with Crippen molar-refractivity contribution in [3.8, 4) is 0 Å². The molecule has 0 N–H and O–H groups in total. The summed E-state index contributed by atoms with van der Waals surface area (Å²) < 4.78 is 1.74. The fourth-order valence-electron chi connectivity index (χ4n) is 3.86. The monoisotopic (exact) mass is 260 g/mol. The second-order valence-electron chi connectivity index (χ2n) is 5.82. The van der Waals surface area contributed by atoms with Crippen LogP contribution in [0.2, 0.25) is 0 Å². The van der Waals surface area contributed by atoms with Gasteiger partial charge in [-0.15, -0.1) is 0 Å². The van der Waals surface area contributed by atoms with Gasteiger partial charge in [0.1, 0.15) is 0 Å². The van der Waals surface area contributed by atoms with Crippen molar-refractivity contribution in [3.05, 3.63) is 0 Å². The first-order valence-corrected chi connectivity index (χ1v) is 8.81. The number of hydrogen-bond donors (Lipinski definition) is 0. The summed E-state index contributed by atoms with van der Waals surface area (Å²) in [5, 5.41) is 0. The molecule has 3 aliphatic rings. The molecule has 3 aliphatic heterocycles. The van der Waals surface area contributed by atoms with Crippen molar-refractivity contribution >= 4 is 35.3 Å². The molecule has 0 aromatic carbocycles. The molecule has 0 bridgehead atoms. The maximum Gasteiger partial charge on any atom is 0.0306 e. The molecule has 0 spiro atoms. The van der Waals surface area contributed by atoms with Gasteiger partial charge in [-0.25, -0.2) is 0 Å². The fourth-order valence-corrected chi connectivity index (χ4v) is 7.97. The summed E-state index contributed by atoms with van der Waals surface area (Å²) >= 11 is 6.63. The molecule has 3 rings (SSSR count). The molecule has 0 aliphatic carbocycles. The van der Waals surface area contributed by atoms with Crippen LogP contribution in [-0.4, -0.2) is 31.5 Å². The smallest absolute Gasteiger partial charge is 0.0306 e. The molecule has 0 aromatic rings. The third-order valence-electron chi connectivity index (χ3n) is 4.97. The molecule has 15 heavy (non-hydrogen) atoms. The Kier molecular flexibility index (Phi) is 2.15. The number of thioether (sulfide) groups is 3. The van der Waals surface area contributed by atoms with Gasteiger partial charge < -0.3 is 0 Å². The topological polar surface area (TPSA) is 0 Å². The van der Waals surface area contributed by atoms with E-state index >= 15 is 0 Å². The Bertz CT molecular complexity index is 252. The van der Waals surface area contributed by atoms with Crippen molar-refractivity contribution in [1.82, 2.24) is 0 Å². The minimum Gasteiger partial charge on any atom is -0.152 e. The van der Waals surface area contributed by atoms with Crippen LogP contribution in [0.1, 0.15) is 34.1 Å². The van der Waals surface area contributed by atoms with Crippen molar-refractivity contribution in [2.45, 2.75) is 48.4 Å². The molecule has 0 nitrogen and oxygen atoms in total. The van der Waals surface area contributed by atoms with Crippen LogP contribution in [0.5, 0.6) is 0 Å². The highest BCUT2D eigenvalue weighted by molar-refractivity contribution is 8.10. The summed E-state index contributed by atoms with van der Waals surface area (Å²) in [6, 6.07) is 0. The van der Waals surface area contributed by atoms with E-state index in [4.69, 9.17) is 0 Å². The lowest BCUT2D eigenvalue weighted by molar-refractivity contribution is 0.158. The largest absolute Gasteiger partial charge is 0.152 e. The summed E-state index contributed by atoms with van der Waals surface area (Å²) in [6.07, 6.45) is 1.36. The molecule has 3 atom stereocenters. The minimum absolute atomic E-state index is 0.576. The SMILES string of the molecule is CCC(C1(C)CS1)(C1(C)CS1)C1(C)CS1. The zero-order chi connectivity index (χ0) is 10.9. The summed E-state index contributed by atoms with van der Waals surface area (Å²) in [6.45, 7) is 10.00. The molecule has 0 amide bonds. The van der Waals surface area contributed by atoms with E-state index in [1.807, 2.05) is 0 Å². The second-order valence-corrected chi connectivity index (χ2v) is 10.3. The Morgan fingerprint density at radius 1 is 0.867 bits per heavy atom. The third-order valence-corrected chi connectivity index (χ3v) is 9.48. The van der Waals surface area contributed by atoms with Crippen LogP contribution in [0, 0.1) is 5.41 Å². The van der Waals surface area contributed by atoms with Crippen molar-refractivity contribution in [2.24, 2.45) is 5.41 Å². The summed E-state index contributed by atoms with van der Waals surface area (Å²) in [5.41, 5.74) is 0.576. The fraction of sp³-hybridized carbons (Fsp3) is 1.00. The average Bonchev–Trinajstić information content (AvgIpc) is 3.02. The zero-order valence-electron chi connectivity index (χ0n) is 10.1. The van der Waals surface area contributed by atoms with E-state index < -0.39 is 0 Å². The van der Waals surface area contributed by atoms with Gasteiger partial charge in [0.2, 0.25) is 0 Å². The van der Waals surface area contributed by atoms with Crippen LogP contribution in [0.3, 0.4) is 0 Å². The first-order valence-electron chi connectivity index (χ1n) is 5.85. The Balaban J connectivity index is 2.06. The van der Waals surface area contributed by atoms with Crippen molar-refractivity contribution in [2.75, 3.05) is 17.3 Å². The molecular weight excluding hydrogens is 240 g/mol. The lowest BCUT2D eigenvalue weighted by Gasteiger charge is -2.47. The normalized spacial score (nSPS) is 56.0. The van der Waals surface area contributed by atoms with Crippen LogP contribution >= 0.6 is 35.3 Å². The van der Waals surface area contributed by atoms with Gasteiger partial charge in [0, 0.05) is 36.9 Å². The lowest BCUT2D eigenvalue weighted by atomic mass is 9.60. The van der Waals surface area contributed by atoms with Gasteiger partial charge in [-0.1, -0.05) is 6.92 Å². The number of rotatable bonds is 4. The second kappa shape index (κ2) is 2.89. The van der Waals surface area contributed by atoms with Crippen molar-refractivity contribution in [3.63, 3.8) is 0 Å². The van der Waals surface area contributed by atoms with E-state index in [0.29, 0.717) is 19.7 Å². The molecule has 3 unspecified atom stereocenters. The van der Waals surface area contributed by atoms with Crippen LogP contribution < -0.4 is 0 Å². The predicted octanol–water partition coefficient (Wildman–Crippen LogP) is 3.90. The highest BCUT2D eigenvalue weighted by atomic mass is 32.2. The average molecular weight is 260 g/mol. The van der Waals surface area contributed by atoms with Gasteiger partial charge in [-0.05, 0) is 27.2 Å². The van der Waals surface area contributed by atoms with E-state index in [0.717, 1.165) is 0 Å². The van der Waals surface area contributed by atoms with Crippen LogP contribution in [0.4, 0.5) is 0 Å². The standard InChI is InChI=1S/C12H20S3/c1-5-12(9(2)6-13-9,10(3)7-14-10)11(4)8-15-11/h5-8H2,1-4H3. The van der Waals surface area contributed by atoms with Crippen LogP contribution in [0.25, 0.3) is 0 Å². The van der Waals surface area contributed by atoms with E-state index in [-0.39, 0.29) is 0 Å². The van der Waals surface area contributed by atoms with E-state index in [9.17, 15) is 0 Å². The van der Waals surface area contributed by atoms with Gasteiger partial charge in [0.05, 0.1) is 0 Å². The first-order chi connectivity index (χ1) is 6.93. The molecular formula is C12H20S3. The van der Waals surface area contributed by atoms with E-state index in [2.05, 4.69) is 63.0 Å². The minimum atomic E-state index is 0.576. The van der Waals surface area contributed by atoms with E-state index in [1.165, 1.54) is 23.7 Å². The van der Waals surface area contributed by atoms with Gasteiger partial charge in [-0.2, -0.15) is 35.3 Å². The van der Waals surface area contributed by atoms with Crippen LogP contribution in [-0.2, 0) is 0 Å². The Labute approximate surface area is 106 Å². The third kappa shape index (κ3) is 1.21. The summed E-state index contributed by atoms with van der Waals surface area (Å²) in [4.78, 5) is 0. The van der Waals surface area contributed by atoms with Crippen molar-refractivity contribution in [1.29, 1.82) is 0 Å². The molecule has 3 saturated heterocycles. The summed E-state index contributed by atoms with van der Waals surface area (Å²) in [7, 11) is 0. The Hall–Kier alpha value is 1.05.